The molecule has 0 spiro atoms. The third-order valence-electron chi connectivity index (χ3n) is 3.57. The smallest absolute Gasteiger partial charge is 0.330 e. The van der Waals surface area contributed by atoms with E-state index in [4.69, 9.17) is 4.74 Å². The normalized spacial score (nSPS) is 12.1. The molecule has 0 bridgehead atoms. The summed E-state index contributed by atoms with van der Waals surface area (Å²) in [6.07, 6.45) is 4.91. The van der Waals surface area contributed by atoms with Crippen LogP contribution in [-0.2, 0) is 16.1 Å². The van der Waals surface area contributed by atoms with Crippen molar-refractivity contribution in [2.45, 2.75) is 26.4 Å². The maximum atomic E-state index is 12.6. The predicted octanol–water partition coefficient (Wildman–Crippen LogP) is 2.16. The van der Waals surface area contributed by atoms with E-state index in [9.17, 15) is 9.59 Å². The standard InChI is InChI=1S/C17H18N4O3S/c1-3-24-17(23)13(9-21-7-6-18-10-21)19-15(22)16-20-12-5-4-11(2)8-14(12)25-16/h4-8,10,13H,3,9H2,1-2H3,(H,19,22). The zero-order valence-corrected chi connectivity index (χ0v) is 14.7. The van der Waals surface area contributed by atoms with Crippen LogP contribution >= 0.6 is 11.3 Å². The first-order valence-corrected chi connectivity index (χ1v) is 8.69. The van der Waals surface area contributed by atoms with Crippen LogP contribution in [0.2, 0.25) is 0 Å². The van der Waals surface area contributed by atoms with Gasteiger partial charge in [0, 0.05) is 12.4 Å². The van der Waals surface area contributed by atoms with Crippen LogP contribution in [0.4, 0.5) is 0 Å². The minimum atomic E-state index is -0.810. The van der Waals surface area contributed by atoms with Crippen LogP contribution in [0.1, 0.15) is 22.3 Å². The summed E-state index contributed by atoms with van der Waals surface area (Å²) in [6.45, 7) is 4.20. The Morgan fingerprint density at radius 3 is 2.96 bits per heavy atom. The molecule has 0 saturated carbocycles. The number of esters is 1. The van der Waals surface area contributed by atoms with Gasteiger partial charge in [-0.15, -0.1) is 11.3 Å². The molecule has 1 unspecified atom stereocenters. The first-order valence-electron chi connectivity index (χ1n) is 7.87. The van der Waals surface area contributed by atoms with Crippen LogP contribution in [0.25, 0.3) is 10.2 Å². The molecule has 3 rings (SSSR count). The SMILES string of the molecule is CCOC(=O)C(Cn1ccnc1)NC(=O)c1nc2ccc(C)cc2s1. The summed E-state index contributed by atoms with van der Waals surface area (Å²) >= 11 is 1.30. The largest absolute Gasteiger partial charge is 0.464 e. The summed E-state index contributed by atoms with van der Waals surface area (Å²) in [7, 11) is 0. The van der Waals surface area contributed by atoms with Gasteiger partial charge in [0.15, 0.2) is 5.01 Å². The van der Waals surface area contributed by atoms with Crippen LogP contribution in [0.15, 0.2) is 36.9 Å². The molecule has 1 N–H and O–H groups in total. The maximum Gasteiger partial charge on any atom is 0.330 e. The van der Waals surface area contributed by atoms with E-state index < -0.39 is 17.9 Å². The minimum Gasteiger partial charge on any atom is -0.464 e. The Morgan fingerprint density at radius 1 is 1.40 bits per heavy atom. The molecule has 1 amide bonds. The molecule has 0 aliphatic carbocycles. The summed E-state index contributed by atoms with van der Waals surface area (Å²) < 4.78 is 7.71. The molecule has 8 heteroatoms. The van der Waals surface area contributed by atoms with E-state index in [2.05, 4.69) is 15.3 Å². The van der Waals surface area contributed by atoms with Crippen molar-refractivity contribution in [3.05, 3.63) is 47.5 Å². The Hall–Kier alpha value is -2.74. The average Bonchev–Trinajstić information content (AvgIpc) is 3.23. The molecular formula is C17H18N4O3S. The van der Waals surface area contributed by atoms with E-state index in [1.807, 2.05) is 25.1 Å². The summed E-state index contributed by atoms with van der Waals surface area (Å²) in [5.74, 6) is -0.876. The van der Waals surface area contributed by atoms with E-state index >= 15 is 0 Å². The van der Waals surface area contributed by atoms with Gasteiger partial charge >= 0.3 is 5.97 Å². The number of amides is 1. The monoisotopic (exact) mass is 358 g/mol. The van der Waals surface area contributed by atoms with Gasteiger partial charge in [0.25, 0.3) is 5.91 Å². The predicted molar refractivity (Wildman–Crippen MR) is 94.5 cm³/mol. The number of fused-ring (bicyclic) bond motifs is 1. The molecule has 130 valence electrons. The fourth-order valence-electron chi connectivity index (χ4n) is 2.38. The number of imidazole rings is 1. The number of nitrogens with zero attached hydrogens (tertiary/aromatic N) is 3. The number of carbonyl (C=O) groups is 2. The highest BCUT2D eigenvalue weighted by molar-refractivity contribution is 7.20. The molecule has 2 heterocycles. The zero-order chi connectivity index (χ0) is 17.8. The van der Waals surface area contributed by atoms with Crippen molar-refractivity contribution in [1.82, 2.24) is 19.9 Å². The average molecular weight is 358 g/mol. The van der Waals surface area contributed by atoms with E-state index in [0.717, 1.165) is 15.8 Å². The van der Waals surface area contributed by atoms with Crippen molar-refractivity contribution >= 4 is 33.4 Å². The maximum absolute atomic E-state index is 12.6. The second kappa shape index (κ2) is 7.43. The molecule has 3 aromatic rings. The van der Waals surface area contributed by atoms with Gasteiger partial charge in [0.2, 0.25) is 0 Å². The Balaban J connectivity index is 1.79. The first-order chi connectivity index (χ1) is 12.1. The van der Waals surface area contributed by atoms with Gasteiger partial charge in [0.05, 0.1) is 29.7 Å². The molecule has 1 aromatic carbocycles. The topological polar surface area (TPSA) is 86.1 Å². The molecular weight excluding hydrogens is 340 g/mol. The van der Waals surface area contributed by atoms with Crippen LogP contribution < -0.4 is 5.32 Å². The van der Waals surface area contributed by atoms with Crippen molar-refractivity contribution < 1.29 is 14.3 Å². The number of ether oxygens (including phenoxy) is 1. The first kappa shape index (κ1) is 17.1. The van der Waals surface area contributed by atoms with Gasteiger partial charge in [-0.2, -0.15) is 0 Å². The summed E-state index contributed by atoms with van der Waals surface area (Å²) in [4.78, 5) is 33.0. The number of thiazole rings is 1. The summed E-state index contributed by atoms with van der Waals surface area (Å²) in [6, 6.07) is 5.00. The van der Waals surface area contributed by atoms with E-state index in [1.165, 1.54) is 11.3 Å². The van der Waals surface area contributed by atoms with E-state index in [0.29, 0.717) is 5.01 Å². The molecule has 0 radical (unpaired) electrons. The Bertz CT molecular complexity index is 889. The molecule has 7 nitrogen and oxygen atoms in total. The van der Waals surface area contributed by atoms with Gasteiger partial charge in [-0.25, -0.2) is 14.8 Å². The van der Waals surface area contributed by atoms with Gasteiger partial charge < -0.3 is 14.6 Å². The molecule has 0 aliphatic rings. The lowest BCUT2D eigenvalue weighted by molar-refractivity contribution is -0.145. The lowest BCUT2D eigenvalue weighted by atomic mass is 10.2. The summed E-state index contributed by atoms with van der Waals surface area (Å²) in [5, 5.41) is 3.04. The highest BCUT2D eigenvalue weighted by Crippen LogP contribution is 2.23. The number of carbonyl (C=O) groups excluding carboxylic acids is 2. The van der Waals surface area contributed by atoms with Crippen molar-refractivity contribution in [2.75, 3.05) is 6.61 Å². The molecule has 0 fully saturated rings. The minimum absolute atomic E-state index is 0.245. The number of aryl methyl sites for hydroxylation is 1. The van der Waals surface area contributed by atoms with Crippen LogP contribution in [0.3, 0.4) is 0 Å². The highest BCUT2D eigenvalue weighted by Gasteiger charge is 2.24. The number of hydrogen-bond donors (Lipinski definition) is 1. The number of benzene rings is 1. The van der Waals surface area contributed by atoms with Crippen molar-refractivity contribution in [3.8, 4) is 0 Å². The summed E-state index contributed by atoms with van der Waals surface area (Å²) in [5.41, 5.74) is 1.87. The highest BCUT2D eigenvalue weighted by atomic mass is 32.1. The number of hydrogen-bond acceptors (Lipinski definition) is 6. The lowest BCUT2D eigenvalue weighted by Crippen LogP contribution is -2.44. The Kier molecular flexibility index (Phi) is 5.08. The second-order valence-electron chi connectivity index (χ2n) is 5.53. The van der Waals surface area contributed by atoms with Crippen molar-refractivity contribution in [3.63, 3.8) is 0 Å². The van der Waals surface area contributed by atoms with Crippen molar-refractivity contribution in [1.29, 1.82) is 0 Å². The molecule has 2 aromatic heterocycles. The third-order valence-corrected chi connectivity index (χ3v) is 4.58. The van der Waals surface area contributed by atoms with Crippen LogP contribution in [0.5, 0.6) is 0 Å². The number of nitrogens with one attached hydrogen (secondary N) is 1. The van der Waals surface area contributed by atoms with Gasteiger partial charge in [-0.1, -0.05) is 6.07 Å². The van der Waals surface area contributed by atoms with Crippen LogP contribution in [-0.4, -0.2) is 39.1 Å². The molecule has 0 saturated heterocycles. The van der Waals surface area contributed by atoms with E-state index in [1.54, 1.807) is 30.2 Å². The lowest BCUT2D eigenvalue weighted by Gasteiger charge is -2.17. The number of rotatable bonds is 6. The Labute approximate surface area is 148 Å². The fraction of sp³-hybridized carbons (Fsp3) is 0.294. The molecule has 0 aliphatic heterocycles. The third kappa shape index (κ3) is 4.03. The zero-order valence-electron chi connectivity index (χ0n) is 13.9. The quantitative estimate of drug-likeness (QED) is 0.683. The number of aromatic nitrogens is 3. The molecule has 1 atom stereocenters. The van der Waals surface area contributed by atoms with Gasteiger partial charge in [-0.3, -0.25) is 4.79 Å². The van der Waals surface area contributed by atoms with Crippen molar-refractivity contribution in [2.24, 2.45) is 0 Å². The van der Waals surface area contributed by atoms with Gasteiger partial charge in [-0.05, 0) is 31.5 Å². The van der Waals surface area contributed by atoms with Gasteiger partial charge in [0.1, 0.15) is 6.04 Å². The second-order valence-corrected chi connectivity index (χ2v) is 6.56. The fourth-order valence-corrected chi connectivity index (χ4v) is 3.34. The molecule has 25 heavy (non-hydrogen) atoms. The van der Waals surface area contributed by atoms with Crippen LogP contribution in [0, 0.1) is 6.92 Å². The Morgan fingerprint density at radius 2 is 2.24 bits per heavy atom. The van der Waals surface area contributed by atoms with E-state index in [-0.39, 0.29) is 13.2 Å².